The fourth-order valence-electron chi connectivity index (χ4n) is 2.89. The molecule has 0 saturated carbocycles. The average Bonchev–Trinajstić information content (AvgIpc) is 2.66. The van der Waals surface area contributed by atoms with Gasteiger partial charge in [-0.25, -0.2) is 9.37 Å². The fourth-order valence-corrected chi connectivity index (χ4v) is 2.89. The van der Waals surface area contributed by atoms with Gasteiger partial charge in [0.15, 0.2) is 5.69 Å². The van der Waals surface area contributed by atoms with Crippen LogP contribution in [0.4, 0.5) is 4.39 Å². The number of aromatic hydroxyl groups is 1. The van der Waals surface area contributed by atoms with Crippen molar-refractivity contribution >= 4 is 18.3 Å². The van der Waals surface area contributed by atoms with E-state index in [0.29, 0.717) is 31.1 Å². The van der Waals surface area contributed by atoms with Crippen molar-refractivity contribution in [1.29, 1.82) is 0 Å². The minimum atomic E-state index is -0.711. The lowest BCUT2D eigenvalue weighted by Crippen LogP contribution is -2.41. The Labute approximate surface area is 167 Å². The molecule has 1 aromatic carbocycles. The lowest BCUT2D eigenvalue weighted by Gasteiger charge is -2.32. The number of rotatable bonds is 4. The molecule has 1 saturated heterocycles. The minimum Gasteiger partial charge on any atom is -0.501 e. The molecule has 1 fully saturated rings. The SMILES string of the molecule is CN1CCOC[C@@H]1c1nc(C(=O)NCc2ccc(F)cc2)c(O)c(=O)n1C.Cl. The molecule has 0 radical (unpaired) electrons. The van der Waals surface area contributed by atoms with Crippen molar-refractivity contribution in [2.75, 3.05) is 26.8 Å². The quantitative estimate of drug-likeness (QED) is 0.777. The summed E-state index contributed by atoms with van der Waals surface area (Å²) in [7, 11) is 3.37. The maximum absolute atomic E-state index is 13.0. The monoisotopic (exact) mass is 412 g/mol. The number of carbonyl (C=O) groups is 1. The van der Waals surface area contributed by atoms with Crippen molar-refractivity contribution in [2.24, 2.45) is 7.05 Å². The smallest absolute Gasteiger partial charge is 0.296 e. The highest BCUT2D eigenvalue weighted by atomic mass is 35.5. The van der Waals surface area contributed by atoms with Crippen molar-refractivity contribution in [1.82, 2.24) is 19.8 Å². The lowest BCUT2D eigenvalue weighted by molar-refractivity contribution is 0.000180. The molecule has 28 heavy (non-hydrogen) atoms. The average molecular weight is 413 g/mol. The number of carbonyl (C=O) groups excluding carboxylic acids is 1. The van der Waals surface area contributed by atoms with Gasteiger partial charge in [-0.15, -0.1) is 12.4 Å². The number of morpholine rings is 1. The fraction of sp³-hybridized carbons (Fsp3) is 0.389. The number of halogens is 2. The van der Waals surface area contributed by atoms with Gasteiger partial charge in [-0.1, -0.05) is 12.1 Å². The first-order chi connectivity index (χ1) is 12.9. The molecule has 0 aliphatic carbocycles. The molecule has 2 aromatic rings. The van der Waals surface area contributed by atoms with Crippen LogP contribution in [0, 0.1) is 5.82 Å². The van der Waals surface area contributed by atoms with Gasteiger partial charge in [0.1, 0.15) is 11.6 Å². The number of aromatic nitrogens is 2. The Morgan fingerprint density at radius 3 is 2.68 bits per heavy atom. The Kier molecular flexibility index (Phi) is 7.11. The molecule has 1 aliphatic rings. The summed E-state index contributed by atoms with van der Waals surface area (Å²) in [5, 5.41) is 12.7. The summed E-state index contributed by atoms with van der Waals surface area (Å²) in [6, 6.07) is 5.33. The summed E-state index contributed by atoms with van der Waals surface area (Å²) in [6.07, 6.45) is 0. The standard InChI is InChI=1S/C18H21FN4O4.ClH/c1-22-7-8-27-10-13(22)16-21-14(15(24)18(26)23(16)2)17(25)20-9-11-3-5-12(19)6-4-11;/h3-6,13,24H,7-10H2,1-2H3,(H,20,25);1H/t13-;/m1./s1. The Balaban J connectivity index is 0.00000280. The van der Waals surface area contributed by atoms with Crippen LogP contribution in [0.1, 0.15) is 27.9 Å². The summed E-state index contributed by atoms with van der Waals surface area (Å²) in [5.74, 6) is -1.43. The molecule has 0 bridgehead atoms. The summed E-state index contributed by atoms with van der Waals surface area (Å²) in [4.78, 5) is 31.1. The van der Waals surface area contributed by atoms with Crippen LogP contribution in [-0.4, -0.2) is 52.3 Å². The lowest BCUT2D eigenvalue weighted by atomic mass is 10.2. The largest absolute Gasteiger partial charge is 0.501 e. The zero-order valence-corrected chi connectivity index (χ0v) is 16.3. The number of likely N-dealkylation sites (N-methyl/N-ethyl adjacent to an activating group) is 1. The first kappa shape index (κ1) is 21.8. The van der Waals surface area contributed by atoms with E-state index in [1.807, 2.05) is 11.9 Å². The predicted molar refractivity (Wildman–Crippen MR) is 102 cm³/mol. The maximum atomic E-state index is 13.0. The highest BCUT2D eigenvalue weighted by Gasteiger charge is 2.28. The zero-order chi connectivity index (χ0) is 19.6. The van der Waals surface area contributed by atoms with Crippen LogP contribution in [0.5, 0.6) is 5.75 Å². The van der Waals surface area contributed by atoms with Crippen molar-refractivity contribution < 1.29 is 19.0 Å². The Morgan fingerprint density at radius 1 is 1.36 bits per heavy atom. The van der Waals surface area contributed by atoms with E-state index in [4.69, 9.17) is 4.74 Å². The third kappa shape index (κ3) is 4.49. The molecular weight excluding hydrogens is 391 g/mol. The first-order valence-electron chi connectivity index (χ1n) is 8.49. The first-order valence-corrected chi connectivity index (χ1v) is 8.49. The van der Waals surface area contributed by atoms with Gasteiger partial charge in [-0.05, 0) is 24.7 Å². The Morgan fingerprint density at radius 2 is 2.04 bits per heavy atom. The predicted octanol–water partition coefficient (Wildman–Crippen LogP) is 0.980. The number of nitrogens with zero attached hydrogens (tertiary/aromatic N) is 3. The highest BCUT2D eigenvalue weighted by Crippen LogP contribution is 2.22. The normalized spacial score (nSPS) is 17.0. The summed E-state index contributed by atoms with van der Waals surface area (Å²) in [5.41, 5.74) is -0.367. The number of hydrogen-bond acceptors (Lipinski definition) is 6. The molecule has 1 amide bonds. The molecule has 2 heterocycles. The van der Waals surface area contributed by atoms with Gasteiger partial charge in [-0.3, -0.25) is 19.1 Å². The van der Waals surface area contributed by atoms with Gasteiger partial charge in [0, 0.05) is 20.1 Å². The van der Waals surface area contributed by atoms with Crippen molar-refractivity contribution in [3.63, 3.8) is 0 Å². The van der Waals surface area contributed by atoms with Crippen LogP contribution >= 0.6 is 12.4 Å². The van der Waals surface area contributed by atoms with E-state index in [0.717, 1.165) is 0 Å². The van der Waals surface area contributed by atoms with E-state index >= 15 is 0 Å². The van der Waals surface area contributed by atoms with Crippen LogP contribution in [0.3, 0.4) is 0 Å². The number of benzene rings is 1. The van der Waals surface area contributed by atoms with Gasteiger partial charge >= 0.3 is 0 Å². The number of nitrogens with one attached hydrogen (secondary N) is 1. The Hall–Kier alpha value is -2.49. The minimum absolute atomic E-state index is 0. The van der Waals surface area contributed by atoms with E-state index in [-0.39, 0.29) is 36.5 Å². The molecular formula is C18H22ClFN4O4. The summed E-state index contributed by atoms with van der Waals surface area (Å²) in [6.45, 7) is 1.67. The second-order valence-electron chi connectivity index (χ2n) is 6.41. The van der Waals surface area contributed by atoms with Gasteiger partial charge in [0.05, 0.1) is 19.3 Å². The third-order valence-electron chi connectivity index (χ3n) is 4.58. The molecule has 1 aliphatic heterocycles. The third-order valence-corrected chi connectivity index (χ3v) is 4.58. The van der Waals surface area contributed by atoms with Crippen LogP contribution in [-0.2, 0) is 18.3 Å². The molecule has 1 aromatic heterocycles. The van der Waals surface area contributed by atoms with Crippen LogP contribution < -0.4 is 10.9 Å². The van der Waals surface area contributed by atoms with E-state index in [9.17, 15) is 19.1 Å². The molecule has 0 unspecified atom stereocenters. The molecule has 3 rings (SSSR count). The molecule has 8 nitrogen and oxygen atoms in total. The molecule has 2 N–H and O–H groups in total. The number of ether oxygens (including phenoxy) is 1. The van der Waals surface area contributed by atoms with Crippen molar-refractivity contribution in [3.05, 3.63) is 57.5 Å². The van der Waals surface area contributed by atoms with Crippen molar-refractivity contribution in [3.8, 4) is 5.75 Å². The maximum Gasteiger partial charge on any atom is 0.296 e. The van der Waals surface area contributed by atoms with Crippen LogP contribution in [0.25, 0.3) is 0 Å². The van der Waals surface area contributed by atoms with E-state index in [1.54, 1.807) is 0 Å². The molecule has 152 valence electrons. The zero-order valence-electron chi connectivity index (χ0n) is 15.5. The van der Waals surface area contributed by atoms with Crippen LogP contribution in [0.15, 0.2) is 29.1 Å². The Bertz CT molecular complexity index is 904. The highest BCUT2D eigenvalue weighted by molar-refractivity contribution is 5.94. The number of hydrogen-bond donors (Lipinski definition) is 2. The van der Waals surface area contributed by atoms with Gasteiger partial charge in [0.25, 0.3) is 11.5 Å². The van der Waals surface area contributed by atoms with E-state index in [2.05, 4.69) is 10.3 Å². The van der Waals surface area contributed by atoms with Crippen LogP contribution in [0.2, 0.25) is 0 Å². The summed E-state index contributed by atoms with van der Waals surface area (Å²) < 4.78 is 19.6. The van der Waals surface area contributed by atoms with Gasteiger partial charge < -0.3 is 15.2 Å². The summed E-state index contributed by atoms with van der Waals surface area (Å²) >= 11 is 0. The van der Waals surface area contributed by atoms with Gasteiger partial charge in [-0.2, -0.15) is 0 Å². The van der Waals surface area contributed by atoms with Crippen molar-refractivity contribution in [2.45, 2.75) is 12.6 Å². The molecule has 1 atom stereocenters. The number of amides is 1. The topological polar surface area (TPSA) is 96.7 Å². The molecule has 10 heteroatoms. The van der Waals surface area contributed by atoms with E-state index < -0.39 is 17.2 Å². The molecule has 0 spiro atoms. The van der Waals surface area contributed by atoms with E-state index in [1.165, 1.54) is 35.9 Å². The second kappa shape index (κ2) is 9.13. The second-order valence-corrected chi connectivity index (χ2v) is 6.41. The van der Waals surface area contributed by atoms with Gasteiger partial charge in [0.2, 0.25) is 5.75 Å².